The molecule has 1 saturated carbocycles. The average molecular weight is 276 g/mol. The largest absolute Gasteiger partial charge is 0.370 e. The van der Waals surface area contributed by atoms with Crippen LogP contribution in [0.15, 0.2) is 6.33 Å². The predicted molar refractivity (Wildman–Crippen MR) is 85.4 cm³/mol. The van der Waals surface area contributed by atoms with E-state index < -0.39 is 0 Å². The molecule has 1 fully saturated rings. The molecule has 4 heteroatoms. The fourth-order valence-electron chi connectivity index (χ4n) is 2.70. The number of anilines is 2. The molecule has 2 unspecified atom stereocenters. The highest BCUT2D eigenvalue weighted by Gasteiger charge is 2.34. The van der Waals surface area contributed by atoms with E-state index >= 15 is 0 Å². The maximum Gasteiger partial charge on any atom is 0.137 e. The molecule has 2 atom stereocenters. The monoisotopic (exact) mass is 276 g/mol. The van der Waals surface area contributed by atoms with E-state index in [0.717, 1.165) is 43.0 Å². The smallest absolute Gasteiger partial charge is 0.137 e. The van der Waals surface area contributed by atoms with Gasteiger partial charge in [-0.3, -0.25) is 0 Å². The molecule has 1 aromatic heterocycles. The van der Waals surface area contributed by atoms with Crippen molar-refractivity contribution >= 4 is 11.6 Å². The van der Waals surface area contributed by atoms with Crippen molar-refractivity contribution in [3.63, 3.8) is 0 Å². The molecule has 1 heterocycles. The summed E-state index contributed by atoms with van der Waals surface area (Å²) in [5, 5.41) is 3.44. The Morgan fingerprint density at radius 2 is 2.10 bits per heavy atom. The van der Waals surface area contributed by atoms with Crippen molar-refractivity contribution in [2.24, 2.45) is 11.8 Å². The van der Waals surface area contributed by atoms with Gasteiger partial charge in [-0.05, 0) is 30.6 Å². The van der Waals surface area contributed by atoms with Crippen molar-refractivity contribution in [2.75, 3.05) is 30.4 Å². The van der Waals surface area contributed by atoms with E-state index in [-0.39, 0.29) is 0 Å². The molecule has 4 nitrogen and oxygen atoms in total. The highest BCUT2D eigenvalue weighted by molar-refractivity contribution is 5.60. The Morgan fingerprint density at radius 3 is 2.65 bits per heavy atom. The van der Waals surface area contributed by atoms with Crippen molar-refractivity contribution in [2.45, 2.75) is 46.5 Å². The molecule has 0 aromatic carbocycles. The van der Waals surface area contributed by atoms with Gasteiger partial charge in [-0.15, -0.1) is 0 Å². The van der Waals surface area contributed by atoms with Crippen molar-refractivity contribution in [3.05, 3.63) is 11.9 Å². The summed E-state index contributed by atoms with van der Waals surface area (Å²) in [5.41, 5.74) is 1.25. The van der Waals surface area contributed by atoms with E-state index in [2.05, 4.69) is 54.9 Å². The second-order valence-corrected chi connectivity index (χ2v) is 6.39. The van der Waals surface area contributed by atoms with Crippen LogP contribution in [-0.4, -0.2) is 30.1 Å². The molecule has 0 aliphatic heterocycles. The van der Waals surface area contributed by atoms with E-state index in [9.17, 15) is 0 Å². The number of aromatic nitrogens is 2. The SMILES string of the molecule is CCCNc1ncnc(N(C)CC2CC2C)c1C(C)C. The summed E-state index contributed by atoms with van der Waals surface area (Å²) in [5.74, 6) is 4.22. The molecular weight excluding hydrogens is 248 g/mol. The van der Waals surface area contributed by atoms with Gasteiger partial charge in [-0.1, -0.05) is 27.7 Å². The molecule has 20 heavy (non-hydrogen) atoms. The van der Waals surface area contributed by atoms with Gasteiger partial charge < -0.3 is 10.2 Å². The number of nitrogens with one attached hydrogen (secondary N) is 1. The number of nitrogens with zero attached hydrogens (tertiary/aromatic N) is 3. The van der Waals surface area contributed by atoms with Crippen LogP contribution in [0, 0.1) is 11.8 Å². The standard InChI is InChI=1S/C16H28N4/c1-6-7-17-15-14(11(2)3)16(19-10-18-15)20(5)9-13-8-12(13)4/h10-13H,6-9H2,1-5H3,(H,17,18,19). The van der Waals surface area contributed by atoms with E-state index in [1.165, 1.54) is 12.0 Å². The molecule has 2 rings (SSSR count). The van der Waals surface area contributed by atoms with Crippen LogP contribution in [0.2, 0.25) is 0 Å². The Morgan fingerprint density at radius 1 is 1.40 bits per heavy atom. The Labute approximate surface area is 123 Å². The second-order valence-electron chi connectivity index (χ2n) is 6.39. The molecule has 0 bridgehead atoms. The van der Waals surface area contributed by atoms with Crippen LogP contribution in [0.1, 0.15) is 52.0 Å². The van der Waals surface area contributed by atoms with Gasteiger partial charge in [0.05, 0.1) is 0 Å². The molecule has 0 amide bonds. The van der Waals surface area contributed by atoms with E-state index in [4.69, 9.17) is 0 Å². The minimum atomic E-state index is 0.421. The van der Waals surface area contributed by atoms with Crippen LogP contribution < -0.4 is 10.2 Å². The summed E-state index contributed by atoms with van der Waals surface area (Å²) in [6, 6.07) is 0. The molecule has 0 saturated heterocycles. The Balaban J connectivity index is 2.21. The lowest BCUT2D eigenvalue weighted by atomic mass is 10.0. The summed E-state index contributed by atoms with van der Waals surface area (Å²) < 4.78 is 0. The highest BCUT2D eigenvalue weighted by Crippen LogP contribution is 2.39. The molecule has 0 spiro atoms. The van der Waals surface area contributed by atoms with Crippen LogP contribution in [-0.2, 0) is 0 Å². The third kappa shape index (κ3) is 3.41. The third-order valence-electron chi connectivity index (χ3n) is 4.13. The van der Waals surface area contributed by atoms with Crippen LogP contribution in [0.25, 0.3) is 0 Å². The van der Waals surface area contributed by atoms with Gasteiger partial charge in [0.25, 0.3) is 0 Å². The summed E-state index contributed by atoms with van der Waals surface area (Å²) in [4.78, 5) is 11.3. The molecule has 1 N–H and O–H groups in total. The molecule has 112 valence electrons. The Hall–Kier alpha value is -1.32. The number of hydrogen-bond donors (Lipinski definition) is 1. The topological polar surface area (TPSA) is 41.1 Å². The van der Waals surface area contributed by atoms with Gasteiger partial charge in [0.1, 0.15) is 18.0 Å². The Kier molecular flexibility index (Phi) is 4.84. The van der Waals surface area contributed by atoms with Crippen LogP contribution >= 0.6 is 0 Å². The first-order chi connectivity index (χ1) is 9.54. The lowest BCUT2D eigenvalue weighted by molar-refractivity contribution is 0.709. The third-order valence-corrected chi connectivity index (χ3v) is 4.13. The van der Waals surface area contributed by atoms with E-state index in [0.29, 0.717) is 5.92 Å². The summed E-state index contributed by atoms with van der Waals surface area (Å²) in [6.07, 6.45) is 4.14. The average Bonchev–Trinajstić information content (AvgIpc) is 3.10. The van der Waals surface area contributed by atoms with Gasteiger partial charge in [0, 0.05) is 25.7 Å². The van der Waals surface area contributed by atoms with Gasteiger partial charge in [-0.2, -0.15) is 0 Å². The Bertz CT molecular complexity index is 444. The minimum absolute atomic E-state index is 0.421. The lowest BCUT2D eigenvalue weighted by Crippen LogP contribution is -2.24. The molecule has 1 aliphatic rings. The quantitative estimate of drug-likeness (QED) is 0.827. The zero-order valence-electron chi connectivity index (χ0n) is 13.5. The van der Waals surface area contributed by atoms with Crippen LogP contribution in [0.4, 0.5) is 11.6 Å². The first kappa shape index (κ1) is 15.1. The highest BCUT2D eigenvalue weighted by atomic mass is 15.2. The van der Waals surface area contributed by atoms with Crippen LogP contribution in [0.5, 0.6) is 0 Å². The van der Waals surface area contributed by atoms with E-state index in [1.54, 1.807) is 6.33 Å². The van der Waals surface area contributed by atoms with Crippen molar-refractivity contribution < 1.29 is 0 Å². The van der Waals surface area contributed by atoms with Crippen molar-refractivity contribution in [3.8, 4) is 0 Å². The normalized spacial score (nSPS) is 21.1. The molecular formula is C16H28N4. The van der Waals surface area contributed by atoms with Crippen molar-refractivity contribution in [1.29, 1.82) is 0 Å². The first-order valence-electron chi connectivity index (χ1n) is 7.84. The fraction of sp³-hybridized carbons (Fsp3) is 0.750. The van der Waals surface area contributed by atoms with Gasteiger partial charge in [-0.25, -0.2) is 9.97 Å². The number of hydrogen-bond acceptors (Lipinski definition) is 4. The number of rotatable bonds is 7. The maximum absolute atomic E-state index is 4.55. The van der Waals surface area contributed by atoms with Crippen LogP contribution in [0.3, 0.4) is 0 Å². The molecule has 1 aromatic rings. The zero-order valence-corrected chi connectivity index (χ0v) is 13.5. The van der Waals surface area contributed by atoms with E-state index in [1.807, 2.05) is 0 Å². The minimum Gasteiger partial charge on any atom is -0.370 e. The van der Waals surface area contributed by atoms with Gasteiger partial charge in [0.2, 0.25) is 0 Å². The lowest BCUT2D eigenvalue weighted by Gasteiger charge is -2.24. The fourth-order valence-corrected chi connectivity index (χ4v) is 2.70. The van der Waals surface area contributed by atoms with Gasteiger partial charge >= 0.3 is 0 Å². The summed E-state index contributed by atoms with van der Waals surface area (Å²) >= 11 is 0. The van der Waals surface area contributed by atoms with Crippen molar-refractivity contribution in [1.82, 2.24) is 9.97 Å². The maximum atomic E-state index is 4.55. The van der Waals surface area contributed by atoms with Gasteiger partial charge in [0.15, 0.2) is 0 Å². The summed E-state index contributed by atoms with van der Waals surface area (Å²) in [6.45, 7) is 11.0. The summed E-state index contributed by atoms with van der Waals surface area (Å²) in [7, 11) is 2.16. The molecule has 0 radical (unpaired) electrons. The zero-order chi connectivity index (χ0) is 14.7. The molecule has 1 aliphatic carbocycles. The second kappa shape index (κ2) is 6.42. The predicted octanol–water partition coefficient (Wildman–Crippen LogP) is 3.51. The first-order valence-corrected chi connectivity index (χ1v) is 7.84.